The molecule has 0 saturated heterocycles. The van der Waals surface area contributed by atoms with Gasteiger partial charge in [-0.15, -0.1) is 11.3 Å². The van der Waals surface area contributed by atoms with Crippen LogP contribution in [0, 0.1) is 0 Å². The molecule has 0 unspecified atom stereocenters. The molecule has 5 nitrogen and oxygen atoms in total. The summed E-state index contributed by atoms with van der Waals surface area (Å²) in [5.41, 5.74) is 8.17. The molecule has 0 radical (unpaired) electrons. The maximum Gasteiger partial charge on any atom is 0.191 e. The number of fused-ring (bicyclic) bond motifs is 1. The number of nitrogens with two attached hydrogens (primary N) is 1. The number of rotatable bonds is 4. The molecule has 21 heavy (non-hydrogen) atoms. The Balaban J connectivity index is 1.85. The third-order valence-corrected chi connectivity index (χ3v) is 5.76. The zero-order valence-electron chi connectivity index (χ0n) is 11.6. The summed E-state index contributed by atoms with van der Waals surface area (Å²) in [5.74, 6) is 1.29. The van der Waals surface area contributed by atoms with Gasteiger partial charge in [-0.05, 0) is 33.8 Å². The molecule has 3 rings (SSSR count). The average molecular weight is 384 g/mol. The standard InChI is InChI=1S/C13H14BrN5S2/c1-3-8-10(14)9(19(2)18-8)6-21-13-16-11(15)7-4-5-20-12(7)17-13/h4-5H,3,6H2,1-2H3,(H2,15,16,17). The smallest absolute Gasteiger partial charge is 0.191 e. The van der Waals surface area contributed by atoms with Crippen LogP contribution in [0.25, 0.3) is 10.2 Å². The van der Waals surface area contributed by atoms with Crippen LogP contribution in [-0.4, -0.2) is 19.7 Å². The van der Waals surface area contributed by atoms with E-state index in [4.69, 9.17) is 5.73 Å². The molecule has 8 heteroatoms. The number of halogens is 1. The summed E-state index contributed by atoms with van der Waals surface area (Å²) in [6, 6.07) is 1.95. The maximum atomic E-state index is 5.97. The summed E-state index contributed by atoms with van der Waals surface area (Å²) in [7, 11) is 1.96. The molecule has 110 valence electrons. The second-order valence-corrected chi connectivity index (χ2v) is 7.13. The zero-order chi connectivity index (χ0) is 15.0. The van der Waals surface area contributed by atoms with E-state index in [9.17, 15) is 0 Å². The maximum absolute atomic E-state index is 5.97. The molecule has 0 aliphatic heterocycles. The topological polar surface area (TPSA) is 69.6 Å². The molecule has 3 heterocycles. The van der Waals surface area contributed by atoms with Crippen LogP contribution in [0.3, 0.4) is 0 Å². The van der Waals surface area contributed by atoms with E-state index in [0.29, 0.717) is 11.0 Å². The molecule has 0 amide bonds. The predicted molar refractivity (Wildman–Crippen MR) is 91.7 cm³/mol. The van der Waals surface area contributed by atoms with Crippen LogP contribution in [-0.2, 0) is 19.2 Å². The van der Waals surface area contributed by atoms with Crippen molar-refractivity contribution in [1.82, 2.24) is 19.7 Å². The second-order valence-electron chi connectivity index (χ2n) is 4.50. The van der Waals surface area contributed by atoms with Crippen molar-refractivity contribution in [2.24, 2.45) is 7.05 Å². The fraction of sp³-hybridized carbons (Fsp3) is 0.308. The van der Waals surface area contributed by atoms with Crippen LogP contribution in [0.4, 0.5) is 5.82 Å². The Labute approximate surface area is 139 Å². The largest absolute Gasteiger partial charge is 0.383 e. The molecule has 0 atom stereocenters. The third-order valence-electron chi connectivity index (χ3n) is 3.17. The van der Waals surface area contributed by atoms with E-state index in [1.807, 2.05) is 23.2 Å². The number of nitrogens with zero attached hydrogens (tertiary/aromatic N) is 4. The molecule has 0 fully saturated rings. The molecule has 2 N–H and O–H groups in total. The van der Waals surface area contributed by atoms with Crippen molar-refractivity contribution in [2.75, 3.05) is 5.73 Å². The van der Waals surface area contributed by atoms with E-state index in [1.54, 1.807) is 23.1 Å². The van der Waals surface area contributed by atoms with Crippen LogP contribution in [0.5, 0.6) is 0 Å². The van der Waals surface area contributed by atoms with Crippen LogP contribution in [0.2, 0.25) is 0 Å². The van der Waals surface area contributed by atoms with Gasteiger partial charge in [-0.3, -0.25) is 4.68 Å². The summed E-state index contributed by atoms with van der Waals surface area (Å²) in [4.78, 5) is 9.84. The van der Waals surface area contributed by atoms with Crippen LogP contribution >= 0.6 is 39.0 Å². The van der Waals surface area contributed by atoms with Gasteiger partial charge < -0.3 is 5.73 Å². The lowest BCUT2D eigenvalue weighted by molar-refractivity contribution is 0.719. The highest BCUT2D eigenvalue weighted by atomic mass is 79.9. The third kappa shape index (κ3) is 2.79. The predicted octanol–water partition coefficient (Wildman–Crippen LogP) is 3.62. The first-order chi connectivity index (χ1) is 10.1. The van der Waals surface area contributed by atoms with Gasteiger partial charge in [0.1, 0.15) is 10.6 Å². The van der Waals surface area contributed by atoms with Crippen molar-refractivity contribution in [3.63, 3.8) is 0 Å². The number of aromatic nitrogens is 4. The van der Waals surface area contributed by atoms with Crippen molar-refractivity contribution >= 4 is 55.1 Å². The van der Waals surface area contributed by atoms with E-state index < -0.39 is 0 Å². The summed E-state index contributed by atoms with van der Waals surface area (Å²) >= 11 is 6.78. The number of anilines is 1. The SMILES string of the molecule is CCc1nn(C)c(CSc2nc(N)c3ccsc3n2)c1Br. The van der Waals surface area contributed by atoms with Gasteiger partial charge in [0.2, 0.25) is 0 Å². The summed E-state index contributed by atoms with van der Waals surface area (Å²) in [6.07, 6.45) is 0.906. The van der Waals surface area contributed by atoms with Crippen molar-refractivity contribution in [1.29, 1.82) is 0 Å². The summed E-state index contributed by atoms with van der Waals surface area (Å²) in [6.45, 7) is 2.10. The number of aryl methyl sites for hydroxylation is 2. The summed E-state index contributed by atoms with van der Waals surface area (Å²) in [5, 5.41) is 8.11. The Kier molecular flexibility index (Phi) is 4.19. The monoisotopic (exact) mass is 383 g/mol. The van der Waals surface area contributed by atoms with Gasteiger partial charge in [0.05, 0.1) is 21.2 Å². The van der Waals surface area contributed by atoms with Crippen LogP contribution < -0.4 is 5.73 Å². The number of hydrogen-bond donors (Lipinski definition) is 1. The lowest BCUT2D eigenvalue weighted by Crippen LogP contribution is -1.99. The fourth-order valence-corrected chi connectivity index (χ4v) is 4.72. The van der Waals surface area contributed by atoms with Gasteiger partial charge in [0, 0.05) is 12.8 Å². The molecule has 0 aromatic carbocycles. The van der Waals surface area contributed by atoms with E-state index in [-0.39, 0.29) is 0 Å². The van der Waals surface area contributed by atoms with Crippen LogP contribution in [0.15, 0.2) is 21.1 Å². The highest BCUT2D eigenvalue weighted by Gasteiger charge is 2.14. The van der Waals surface area contributed by atoms with Gasteiger partial charge >= 0.3 is 0 Å². The Hall–Kier alpha value is -1.12. The number of thioether (sulfide) groups is 1. The minimum atomic E-state index is 0.544. The second kappa shape index (κ2) is 5.94. The first-order valence-electron chi connectivity index (χ1n) is 6.44. The van der Waals surface area contributed by atoms with Gasteiger partial charge in [0.25, 0.3) is 0 Å². The van der Waals surface area contributed by atoms with E-state index >= 15 is 0 Å². The molecule has 3 aromatic heterocycles. The number of hydrogen-bond acceptors (Lipinski definition) is 6. The molecule has 0 aliphatic rings. The lowest BCUT2D eigenvalue weighted by atomic mass is 10.3. The Morgan fingerprint density at radius 1 is 1.43 bits per heavy atom. The highest BCUT2D eigenvalue weighted by molar-refractivity contribution is 9.10. The van der Waals surface area contributed by atoms with Crippen molar-refractivity contribution in [3.05, 3.63) is 27.3 Å². The van der Waals surface area contributed by atoms with Gasteiger partial charge in [-0.25, -0.2) is 9.97 Å². The highest BCUT2D eigenvalue weighted by Crippen LogP contribution is 2.30. The Morgan fingerprint density at radius 2 is 2.24 bits per heavy atom. The lowest BCUT2D eigenvalue weighted by Gasteiger charge is -2.04. The van der Waals surface area contributed by atoms with Gasteiger partial charge in [0.15, 0.2) is 5.16 Å². The molecule has 0 aliphatic carbocycles. The van der Waals surface area contributed by atoms with Crippen LogP contribution in [0.1, 0.15) is 18.3 Å². The number of thiophene rings is 1. The minimum absolute atomic E-state index is 0.544. The zero-order valence-corrected chi connectivity index (χ0v) is 14.8. The number of nitrogen functional groups attached to an aromatic ring is 1. The Bertz CT molecular complexity index is 795. The van der Waals surface area contributed by atoms with E-state index in [2.05, 4.69) is 37.9 Å². The van der Waals surface area contributed by atoms with Crippen molar-refractivity contribution in [3.8, 4) is 0 Å². The normalized spacial score (nSPS) is 11.4. The fourth-order valence-electron chi connectivity index (χ4n) is 2.03. The van der Waals surface area contributed by atoms with Gasteiger partial charge in [-0.2, -0.15) is 5.10 Å². The molecule has 3 aromatic rings. The molecule has 0 bridgehead atoms. The first kappa shape index (κ1) is 14.8. The van der Waals surface area contributed by atoms with Gasteiger partial charge in [-0.1, -0.05) is 18.7 Å². The molecule has 0 spiro atoms. The average Bonchev–Trinajstić information content (AvgIpc) is 3.02. The molecular weight excluding hydrogens is 370 g/mol. The minimum Gasteiger partial charge on any atom is -0.383 e. The Morgan fingerprint density at radius 3 is 2.95 bits per heavy atom. The van der Waals surface area contributed by atoms with Crippen molar-refractivity contribution < 1.29 is 0 Å². The summed E-state index contributed by atoms with van der Waals surface area (Å²) < 4.78 is 2.98. The molecular formula is C13H14BrN5S2. The van der Waals surface area contributed by atoms with Crippen molar-refractivity contribution in [2.45, 2.75) is 24.3 Å². The first-order valence-corrected chi connectivity index (χ1v) is 9.09. The quantitative estimate of drug-likeness (QED) is 0.550. The van der Waals surface area contributed by atoms with E-state index in [1.165, 1.54) is 0 Å². The molecule has 0 saturated carbocycles. The van der Waals surface area contributed by atoms with E-state index in [0.717, 1.165) is 38.3 Å².